The number of aromatic nitrogens is 2. The van der Waals surface area contributed by atoms with Gasteiger partial charge in [0.2, 0.25) is 0 Å². The Labute approximate surface area is 127 Å². The van der Waals surface area contributed by atoms with E-state index in [1.165, 1.54) is 5.56 Å². The molecule has 0 atom stereocenters. The van der Waals surface area contributed by atoms with Gasteiger partial charge in [-0.1, -0.05) is 40.5 Å². The molecule has 0 amide bonds. The smallest absolute Gasteiger partial charge is 0.0868 e. The highest BCUT2D eigenvalue weighted by atomic mass is 79.9. The van der Waals surface area contributed by atoms with Gasteiger partial charge in [-0.25, -0.2) is 0 Å². The van der Waals surface area contributed by atoms with Crippen LogP contribution in [0.25, 0.3) is 0 Å². The molecule has 0 radical (unpaired) electrons. The molecule has 0 aliphatic heterocycles. The molecule has 0 unspecified atom stereocenters. The minimum Gasteiger partial charge on any atom is -0.379 e. The summed E-state index contributed by atoms with van der Waals surface area (Å²) in [6.45, 7) is 4.80. The molecule has 2 aromatic rings. The van der Waals surface area contributed by atoms with E-state index in [1.54, 1.807) is 0 Å². The normalized spacial score (nSPS) is 10.8. The van der Waals surface area contributed by atoms with Crippen molar-refractivity contribution in [2.45, 2.75) is 26.8 Å². The molecule has 0 saturated heterocycles. The van der Waals surface area contributed by atoms with E-state index < -0.39 is 0 Å². The van der Waals surface area contributed by atoms with Gasteiger partial charge in [0.15, 0.2) is 0 Å². The highest BCUT2D eigenvalue weighted by Gasteiger charge is 2.12. The Hall–Kier alpha value is -1.000. The van der Waals surface area contributed by atoms with Crippen molar-refractivity contribution < 1.29 is 0 Å². The van der Waals surface area contributed by atoms with Crippen molar-refractivity contribution in [2.75, 3.05) is 5.32 Å². The molecule has 5 heteroatoms. The van der Waals surface area contributed by atoms with Crippen LogP contribution in [0.15, 0.2) is 22.7 Å². The second kappa shape index (κ2) is 5.97. The summed E-state index contributed by atoms with van der Waals surface area (Å²) in [4.78, 5) is 0. The first-order valence-electron chi connectivity index (χ1n) is 6.23. The highest BCUT2D eigenvalue weighted by Crippen LogP contribution is 2.26. The second-order valence-electron chi connectivity index (χ2n) is 4.45. The number of hydrogen-bond acceptors (Lipinski definition) is 2. The molecule has 0 bridgehead atoms. The van der Waals surface area contributed by atoms with Gasteiger partial charge in [0.05, 0.1) is 23.0 Å². The Morgan fingerprint density at radius 1 is 1.42 bits per heavy atom. The van der Waals surface area contributed by atoms with E-state index in [1.807, 2.05) is 23.9 Å². The number of nitrogens with zero attached hydrogens (tertiary/aromatic N) is 2. The fourth-order valence-electron chi connectivity index (χ4n) is 1.99. The number of nitrogens with one attached hydrogen (secondary N) is 1. The summed E-state index contributed by atoms with van der Waals surface area (Å²) >= 11 is 9.87. The van der Waals surface area contributed by atoms with Crippen molar-refractivity contribution in [3.8, 4) is 0 Å². The van der Waals surface area contributed by atoms with E-state index in [0.29, 0.717) is 6.54 Å². The van der Waals surface area contributed by atoms with Gasteiger partial charge in [-0.05, 0) is 31.0 Å². The predicted octanol–water partition coefficient (Wildman–Crippen LogP) is 4.32. The molecule has 2 rings (SSSR count). The lowest BCUT2D eigenvalue weighted by Gasteiger charge is -2.11. The largest absolute Gasteiger partial charge is 0.379 e. The Bertz CT molecular complexity index is 593. The van der Waals surface area contributed by atoms with Crippen molar-refractivity contribution in [1.82, 2.24) is 9.78 Å². The number of rotatable bonds is 4. The van der Waals surface area contributed by atoms with Gasteiger partial charge in [-0.15, -0.1) is 0 Å². The van der Waals surface area contributed by atoms with Crippen LogP contribution in [0.5, 0.6) is 0 Å². The standard InChI is InChI=1S/C14H17BrClN3/c1-4-11-14(16)13(19(3)18-11)8-17-12-7-5-6-10(15)9(12)2/h5-7,17H,4,8H2,1-3H3. The van der Waals surface area contributed by atoms with Crippen molar-refractivity contribution in [2.24, 2.45) is 7.05 Å². The van der Waals surface area contributed by atoms with Crippen molar-refractivity contribution in [3.05, 3.63) is 44.6 Å². The highest BCUT2D eigenvalue weighted by molar-refractivity contribution is 9.10. The van der Waals surface area contributed by atoms with E-state index in [-0.39, 0.29) is 0 Å². The van der Waals surface area contributed by atoms with Gasteiger partial charge in [0.1, 0.15) is 0 Å². The Balaban J connectivity index is 2.19. The predicted molar refractivity (Wildman–Crippen MR) is 83.8 cm³/mol. The first-order valence-corrected chi connectivity index (χ1v) is 7.41. The Kier molecular flexibility index (Phi) is 4.53. The molecular formula is C14H17BrClN3. The molecular weight excluding hydrogens is 326 g/mol. The van der Waals surface area contributed by atoms with Crippen LogP contribution in [-0.4, -0.2) is 9.78 Å². The Morgan fingerprint density at radius 2 is 2.16 bits per heavy atom. The van der Waals surface area contributed by atoms with Gasteiger partial charge in [0, 0.05) is 17.2 Å². The SMILES string of the molecule is CCc1nn(C)c(CNc2cccc(Br)c2C)c1Cl. The zero-order valence-electron chi connectivity index (χ0n) is 11.3. The van der Waals surface area contributed by atoms with E-state index in [9.17, 15) is 0 Å². The lowest BCUT2D eigenvalue weighted by molar-refractivity contribution is 0.707. The average Bonchev–Trinajstić information content (AvgIpc) is 2.66. The van der Waals surface area contributed by atoms with Crippen LogP contribution in [-0.2, 0) is 20.0 Å². The molecule has 0 saturated carbocycles. The van der Waals surface area contributed by atoms with Gasteiger partial charge in [0.25, 0.3) is 0 Å². The molecule has 0 spiro atoms. The second-order valence-corrected chi connectivity index (χ2v) is 5.68. The van der Waals surface area contributed by atoms with E-state index in [2.05, 4.69) is 46.3 Å². The van der Waals surface area contributed by atoms with Gasteiger partial charge in [-0.3, -0.25) is 4.68 Å². The van der Waals surface area contributed by atoms with Crippen molar-refractivity contribution >= 4 is 33.2 Å². The van der Waals surface area contributed by atoms with Crippen LogP contribution in [0.4, 0.5) is 5.69 Å². The van der Waals surface area contributed by atoms with Gasteiger partial charge >= 0.3 is 0 Å². The van der Waals surface area contributed by atoms with E-state index in [0.717, 1.165) is 33.0 Å². The van der Waals surface area contributed by atoms with Crippen LogP contribution in [0, 0.1) is 6.92 Å². The van der Waals surface area contributed by atoms with Crippen LogP contribution >= 0.6 is 27.5 Å². The third-order valence-electron chi connectivity index (χ3n) is 3.22. The summed E-state index contributed by atoms with van der Waals surface area (Å²) in [5, 5.41) is 8.60. The van der Waals surface area contributed by atoms with Gasteiger partial charge in [-0.2, -0.15) is 5.10 Å². The third kappa shape index (κ3) is 2.95. The number of aryl methyl sites for hydroxylation is 2. The summed E-state index contributed by atoms with van der Waals surface area (Å²) in [6, 6.07) is 6.11. The first kappa shape index (κ1) is 14.4. The first-order chi connectivity index (χ1) is 9.04. The van der Waals surface area contributed by atoms with E-state index in [4.69, 9.17) is 11.6 Å². The number of anilines is 1. The van der Waals surface area contributed by atoms with Crippen LogP contribution < -0.4 is 5.32 Å². The minimum absolute atomic E-state index is 0.666. The van der Waals surface area contributed by atoms with Crippen LogP contribution in [0.1, 0.15) is 23.9 Å². The fraction of sp³-hybridized carbons (Fsp3) is 0.357. The fourth-order valence-corrected chi connectivity index (χ4v) is 2.72. The molecule has 3 nitrogen and oxygen atoms in total. The molecule has 19 heavy (non-hydrogen) atoms. The molecule has 102 valence electrons. The molecule has 0 fully saturated rings. The molecule has 1 aromatic carbocycles. The maximum Gasteiger partial charge on any atom is 0.0868 e. The Morgan fingerprint density at radius 3 is 2.79 bits per heavy atom. The minimum atomic E-state index is 0.666. The topological polar surface area (TPSA) is 29.9 Å². The summed E-state index contributed by atoms with van der Waals surface area (Å²) < 4.78 is 2.95. The summed E-state index contributed by atoms with van der Waals surface area (Å²) in [6.07, 6.45) is 0.850. The van der Waals surface area contributed by atoms with Crippen molar-refractivity contribution in [1.29, 1.82) is 0 Å². The number of hydrogen-bond donors (Lipinski definition) is 1. The molecule has 0 aliphatic rings. The third-order valence-corrected chi connectivity index (χ3v) is 4.51. The zero-order valence-corrected chi connectivity index (χ0v) is 13.6. The average molecular weight is 343 g/mol. The van der Waals surface area contributed by atoms with E-state index >= 15 is 0 Å². The summed E-state index contributed by atoms with van der Waals surface area (Å²) in [5.74, 6) is 0. The summed E-state index contributed by atoms with van der Waals surface area (Å²) in [7, 11) is 1.93. The maximum atomic E-state index is 6.33. The quantitative estimate of drug-likeness (QED) is 0.897. The summed E-state index contributed by atoms with van der Waals surface area (Å²) in [5.41, 5.74) is 4.26. The van der Waals surface area contributed by atoms with Crippen LogP contribution in [0.3, 0.4) is 0 Å². The van der Waals surface area contributed by atoms with Crippen molar-refractivity contribution in [3.63, 3.8) is 0 Å². The molecule has 1 heterocycles. The lowest BCUT2D eigenvalue weighted by Crippen LogP contribution is -2.06. The zero-order chi connectivity index (χ0) is 14.0. The monoisotopic (exact) mass is 341 g/mol. The lowest BCUT2D eigenvalue weighted by atomic mass is 10.2. The number of halogens is 2. The molecule has 1 N–H and O–H groups in total. The maximum absolute atomic E-state index is 6.33. The van der Waals surface area contributed by atoms with Crippen LogP contribution in [0.2, 0.25) is 5.02 Å². The number of benzene rings is 1. The molecule has 0 aliphatic carbocycles. The van der Waals surface area contributed by atoms with Gasteiger partial charge < -0.3 is 5.32 Å². The molecule has 1 aromatic heterocycles.